The van der Waals surface area contributed by atoms with Gasteiger partial charge in [-0.15, -0.1) is 0 Å². The first-order valence-electron chi connectivity index (χ1n) is 15.4. The Labute approximate surface area is 222 Å². The van der Waals surface area contributed by atoms with Crippen LogP contribution in [-0.2, 0) is 4.79 Å². The van der Waals surface area contributed by atoms with Crippen molar-refractivity contribution in [1.82, 2.24) is 19.4 Å². The highest BCUT2D eigenvalue weighted by Crippen LogP contribution is 2.48. The van der Waals surface area contributed by atoms with Gasteiger partial charge in [0.05, 0.1) is 23.6 Å². The van der Waals surface area contributed by atoms with E-state index < -0.39 is 0 Å². The number of piperidine rings is 2. The van der Waals surface area contributed by atoms with Crippen LogP contribution in [-0.4, -0.2) is 56.5 Å². The lowest BCUT2D eigenvalue weighted by Gasteiger charge is -2.55. The predicted octanol–water partition coefficient (Wildman–Crippen LogP) is 5.58. The molecule has 2 N–H and O–H groups in total. The second-order valence-corrected chi connectivity index (χ2v) is 13.1. The van der Waals surface area contributed by atoms with Crippen molar-refractivity contribution in [3.05, 3.63) is 30.1 Å². The molecule has 2 aromatic rings. The van der Waals surface area contributed by atoms with Crippen LogP contribution < -0.4 is 5.73 Å². The van der Waals surface area contributed by atoms with Crippen molar-refractivity contribution in [3.8, 4) is 0 Å². The van der Waals surface area contributed by atoms with E-state index in [4.69, 9.17) is 10.7 Å². The van der Waals surface area contributed by atoms with Gasteiger partial charge in [-0.2, -0.15) is 0 Å². The first-order chi connectivity index (χ1) is 18.1. The molecule has 0 radical (unpaired) electrons. The van der Waals surface area contributed by atoms with Gasteiger partial charge in [-0.3, -0.25) is 14.6 Å². The molecular formula is C31H45N5O. The highest BCUT2D eigenvalue weighted by molar-refractivity contribution is 5.77. The number of hydrogen-bond acceptors (Lipinski definition) is 4. The van der Waals surface area contributed by atoms with Gasteiger partial charge in [-0.25, -0.2) is 4.98 Å². The maximum absolute atomic E-state index is 11.9. The van der Waals surface area contributed by atoms with Crippen LogP contribution in [0, 0.1) is 11.8 Å². The van der Waals surface area contributed by atoms with E-state index in [2.05, 4.69) is 38.6 Å². The van der Waals surface area contributed by atoms with Crippen LogP contribution in [0.25, 0.3) is 11.0 Å². The number of aromatic nitrogens is 2. The van der Waals surface area contributed by atoms with E-state index >= 15 is 0 Å². The van der Waals surface area contributed by atoms with Crippen molar-refractivity contribution >= 4 is 16.9 Å². The zero-order valence-electron chi connectivity index (χ0n) is 22.4. The van der Waals surface area contributed by atoms with Gasteiger partial charge in [-0.1, -0.05) is 44.2 Å². The highest BCUT2D eigenvalue weighted by Gasteiger charge is 2.45. The molecule has 5 fully saturated rings. The zero-order valence-corrected chi connectivity index (χ0v) is 22.4. The van der Waals surface area contributed by atoms with Crippen LogP contribution in [0.15, 0.2) is 24.3 Å². The highest BCUT2D eigenvalue weighted by atomic mass is 16.1. The van der Waals surface area contributed by atoms with Crippen molar-refractivity contribution in [2.45, 2.75) is 120 Å². The number of hydrogen-bond donors (Lipinski definition) is 1. The van der Waals surface area contributed by atoms with Crippen LogP contribution in [0.1, 0.15) is 108 Å². The largest absolute Gasteiger partial charge is 0.369 e. The van der Waals surface area contributed by atoms with Gasteiger partial charge in [-0.05, 0) is 88.3 Å². The summed E-state index contributed by atoms with van der Waals surface area (Å²) in [6.07, 6.45) is 19.1. The second-order valence-electron chi connectivity index (χ2n) is 13.1. The van der Waals surface area contributed by atoms with Crippen LogP contribution in [0.4, 0.5) is 0 Å². The number of carbonyl (C=O) groups excluding carboxylic acids is 1. The molecule has 1 aromatic heterocycles. The standard InChI is InChI=1S/C31H45N5O/c32-30(37)20-34-14-6-13-29(34)31-33-27-11-3-4-12-28(27)36(31)26-18-23-9-5-10-24(19-26)35(23)25-16-21-7-1-2-8-22(15-21)17-25/h3-4,11-12,21-26,29H,1-2,5-10,13-20H2,(H2,32,37)/t21-,22+,23-,24?,25?,26?,29-/m0/s1. The van der Waals surface area contributed by atoms with E-state index in [1.54, 1.807) is 0 Å². The smallest absolute Gasteiger partial charge is 0.231 e. The Kier molecular flexibility index (Phi) is 6.52. The minimum Gasteiger partial charge on any atom is -0.369 e. The quantitative estimate of drug-likeness (QED) is 0.579. The third-order valence-electron chi connectivity index (χ3n) is 10.8. The van der Waals surface area contributed by atoms with Crippen LogP contribution in [0.2, 0.25) is 0 Å². The third-order valence-corrected chi connectivity index (χ3v) is 10.8. The maximum Gasteiger partial charge on any atom is 0.231 e. The maximum atomic E-state index is 11.9. The Balaban J connectivity index is 1.20. The lowest BCUT2D eigenvalue weighted by atomic mass is 9.73. The van der Waals surface area contributed by atoms with Crippen molar-refractivity contribution in [2.24, 2.45) is 17.6 Å². The van der Waals surface area contributed by atoms with Gasteiger partial charge in [0.25, 0.3) is 0 Å². The molecule has 200 valence electrons. The van der Waals surface area contributed by atoms with E-state index in [-0.39, 0.29) is 11.9 Å². The number of likely N-dealkylation sites (tertiary alicyclic amines) is 1. The number of primary amides is 1. The second kappa shape index (κ2) is 10.00. The summed E-state index contributed by atoms with van der Waals surface area (Å²) in [5.74, 6) is 2.91. The Morgan fingerprint density at radius 3 is 2.27 bits per heavy atom. The van der Waals surface area contributed by atoms with Crippen molar-refractivity contribution in [2.75, 3.05) is 13.1 Å². The summed E-state index contributed by atoms with van der Waals surface area (Å²) < 4.78 is 2.63. The van der Waals surface area contributed by atoms with E-state index in [1.807, 2.05) is 0 Å². The SMILES string of the molecule is NC(=O)CN1CCC[C@H]1c1nc2ccccc2n1C1CC2CCC[C@@H](C1)N2C1C[C@H]2CCCC[C@@H](C1)C2. The van der Waals surface area contributed by atoms with E-state index in [0.717, 1.165) is 42.8 Å². The fraction of sp³-hybridized carbons (Fsp3) is 0.742. The first kappa shape index (κ1) is 24.1. The van der Waals surface area contributed by atoms with Crippen LogP contribution in [0.3, 0.4) is 0 Å². The molecule has 5 aliphatic rings. The third kappa shape index (κ3) is 4.52. The average Bonchev–Trinajstić information content (AvgIpc) is 3.45. The van der Waals surface area contributed by atoms with Crippen molar-refractivity contribution < 1.29 is 4.79 Å². The first-order valence-corrected chi connectivity index (χ1v) is 15.4. The molecular weight excluding hydrogens is 458 g/mol. The number of carbonyl (C=O) groups is 1. The molecule has 2 saturated carbocycles. The molecule has 0 spiro atoms. The zero-order chi connectivity index (χ0) is 24.9. The average molecular weight is 504 g/mol. The molecule has 6 heteroatoms. The van der Waals surface area contributed by atoms with E-state index in [9.17, 15) is 4.79 Å². The normalized spacial score (nSPS) is 37.0. The fourth-order valence-corrected chi connectivity index (χ4v) is 9.50. The van der Waals surface area contributed by atoms with Gasteiger partial charge in [0.15, 0.2) is 0 Å². The summed E-state index contributed by atoms with van der Waals surface area (Å²) in [6, 6.07) is 11.6. The number of para-hydroxylation sites is 2. The lowest BCUT2D eigenvalue weighted by Crippen LogP contribution is -2.58. The van der Waals surface area contributed by atoms with Crippen LogP contribution in [0.5, 0.6) is 0 Å². The molecule has 4 bridgehead atoms. The molecule has 4 heterocycles. The van der Waals surface area contributed by atoms with Crippen LogP contribution >= 0.6 is 0 Å². The molecule has 3 unspecified atom stereocenters. The molecule has 1 aromatic carbocycles. The topological polar surface area (TPSA) is 67.4 Å². The number of imidazole rings is 1. The molecule has 3 saturated heterocycles. The minimum atomic E-state index is -0.231. The summed E-state index contributed by atoms with van der Waals surface area (Å²) in [6.45, 7) is 1.27. The monoisotopic (exact) mass is 503 g/mol. The predicted molar refractivity (Wildman–Crippen MR) is 147 cm³/mol. The Morgan fingerprint density at radius 2 is 1.54 bits per heavy atom. The molecule has 37 heavy (non-hydrogen) atoms. The molecule has 6 nitrogen and oxygen atoms in total. The van der Waals surface area contributed by atoms with Gasteiger partial charge >= 0.3 is 0 Å². The van der Waals surface area contributed by atoms with Crippen molar-refractivity contribution in [1.29, 1.82) is 0 Å². The fourth-order valence-electron chi connectivity index (χ4n) is 9.50. The van der Waals surface area contributed by atoms with Crippen molar-refractivity contribution in [3.63, 3.8) is 0 Å². The Hall–Kier alpha value is -1.92. The summed E-state index contributed by atoms with van der Waals surface area (Å²) in [5.41, 5.74) is 8.03. The molecule has 7 atom stereocenters. The number of benzene rings is 1. The Bertz CT molecular complexity index is 1100. The minimum absolute atomic E-state index is 0.194. The van der Waals surface area contributed by atoms with Gasteiger partial charge < -0.3 is 10.3 Å². The number of fused-ring (bicyclic) bond motifs is 5. The number of nitrogens with two attached hydrogens (primary N) is 1. The summed E-state index contributed by atoms with van der Waals surface area (Å²) in [4.78, 5) is 22.4. The molecule has 3 aliphatic heterocycles. The van der Waals surface area contributed by atoms with Gasteiger partial charge in [0.1, 0.15) is 5.82 Å². The summed E-state index contributed by atoms with van der Waals surface area (Å²) >= 11 is 0. The summed E-state index contributed by atoms with van der Waals surface area (Å²) in [7, 11) is 0. The number of amides is 1. The summed E-state index contributed by atoms with van der Waals surface area (Å²) in [5, 5.41) is 0. The lowest BCUT2D eigenvalue weighted by molar-refractivity contribution is -0.119. The molecule has 2 aliphatic carbocycles. The van der Waals surface area contributed by atoms with E-state index in [1.165, 1.54) is 88.4 Å². The van der Waals surface area contributed by atoms with Gasteiger partial charge in [0.2, 0.25) is 5.91 Å². The Morgan fingerprint density at radius 1 is 0.811 bits per heavy atom. The molecule has 1 amide bonds. The number of rotatable bonds is 5. The number of nitrogens with zero attached hydrogens (tertiary/aromatic N) is 4. The van der Waals surface area contributed by atoms with Gasteiger partial charge in [0, 0.05) is 24.2 Å². The van der Waals surface area contributed by atoms with E-state index in [0.29, 0.717) is 24.7 Å². The molecule has 7 rings (SSSR count).